The zero-order valence-electron chi connectivity index (χ0n) is 6.79. The first kappa shape index (κ1) is 7.86. The minimum atomic E-state index is 0.601. The van der Waals surface area contributed by atoms with E-state index in [4.69, 9.17) is 23.6 Å². The topological polar surface area (TPSA) is 6.48 Å². The van der Waals surface area contributed by atoms with Crippen molar-refractivity contribution in [2.45, 2.75) is 49.9 Å². The maximum atomic E-state index is 6.19. The fourth-order valence-electron chi connectivity index (χ4n) is 3.04. The molecule has 4 heterocycles. The molecule has 2 nitrogen and oxygen atoms in total. The zero-order chi connectivity index (χ0) is 8.29. The van der Waals surface area contributed by atoms with Gasteiger partial charge in [0.1, 0.15) is 0 Å². The van der Waals surface area contributed by atoms with Crippen LogP contribution in [0, 0.1) is 0 Å². The van der Waals surface area contributed by atoms with E-state index in [2.05, 4.69) is 8.84 Å². The third kappa shape index (κ3) is 0.897. The molecule has 4 heteroatoms. The third-order valence-corrected chi connectivity index (χ3v) is 4.68. The Bertz CT molecular complexity index is 161. The summed E-state index contributed by atoms with van der Waals surface area (Å²) in [5.41, 5.74) is 0. The van der Waals surface area contributed by atoms with Crippen LogP contribution < -0.4 is 0 Å². The lowest BCUT2D eigenvalue weighted by Crippen LogP contribution is -2.63. The summed E-state index contributed by atoms with van der Waals surface area (Å²) in [4.78, 5) is 0. The predicted octanol–water partition coefficient (Wildman–Crippen LogP) is 1.97. The van der Waals surface area contributed by atoms with Gasteiger partial charge in [0, 0.05) is 24.2 Å². The Morgan fingerprint density at radius 3 is 1.17 bits per heavy atom. The molecule has 4 saturated heterocycles. The lowest BCUT2D eigenvalue weighted by atomic mass is 9.76. The van der Waals surface area contributed by atoms with Gasteiger partial charge in [-0.25, -0.2) is 8.84 Å². The standard InChI is InChI=1S/C8H12Cl2N2/c9-11-5-1-6-3-8(11)4-7(2-5)12(6)10/h5-8H,1-4H2. The van der Waals surface area contributed by atoms with Crippen molar-refractivity contribution >= 4 is 23.6 Å². The first-order chi connectivity index (χ1) is 5.75. The Morgan fingerprint density at radius 2 is 0.917 bits per heavy atom. The second-order valence-electron chi connectivity index (χ2n) is 4.25. The summed E-state index contributed by atoms with van der Waals surface area (Å²) in [6, 6.07) is 2.40. The summed E-state index contributed by atoms with van der Waals surface area (Å²) in [5, 5.41) is 0. The number of hydrogen-bond donors (Lipinski definition) is 0. The van der Waals surface area contributed by atoms with Gasteiger partial charge in [-0.05, 0) is 49.2 Å². The summed E-state index contributed by atoms with van der Waals surface area (Å²) in [6.07, 6.45) is 4.67. The van der Waals surface area contributed by atoms with E-state index in [1.54, 1.807) is 0 Å². The number of piperidine rings is 4. The van der Waals surface area contributed by atoms with E-state index in [0.29, 0.717) is 24.2 Å². The van der Waals surface area contributed by atoms with Crippen LogP contribution >= 0.6 is 23.6 Å². The molecule has 4 aliphatic rings. The minimum Gasteiger partial charge on any atom is -0.214 e. The van der Waals surface area contributed by atoms with Crippen molar-refractivity contribution in [1.82, 2.24) is 8.84 Å². The fraction of sp³-hybridized carbons (Fsp3) is 1.00. The van der Waals surface area contributed by atoms with Gasteiger partial charge in [-0.3, -0.25) is 0 Å². The van der Waals surface area contributed by atoms with Crippen molar-refractivity contribution in [2.24, 2.45) is 0 Å². The predicted molar refractivity (Wildman–Crippen MR) is 49.0 cm³/mol. The van der Waals surface area contributed by atoms with Gasteiger partial charge < -0.3 is 0 Å². The molecule has 0 unspecified atom stereocenters. The van der Waals surface area contributed by atoms with E-state index in [1.807, 2.05) is 0 Å². The van der Waals surface area contributed by atoms with Gasteiger partial charge >= 0.3 is 0 Å². The second kappa shape index (κ2) is 2.50. The van der Waals surface area contributed by atoms with Crippen molar-refractivity contribution in [3.63, 3.8) is 0 Å². The molecule has 68 valence electrons. The minimum absolute atomic E-state index is 0.601. The lowest BCUT2D eigenvalue weighted by molar-refractivity contribution is -0.0264. The van der Waals surface area contributed by atoms with Gasteiger partial charge in [-0.2, -0.15) is 0 Å². The van der Waals surface area contributed by atoms with Crippen LogP contribution in [0.3, 0.4) is 0 Å². The van der Waals surface area contributed by atoms with Crippen LogP contribution in [-0.2, 0) is 0 Å². The molecular formula is C8H12Cl2N2. The van der Waals surface area contributed by atoms with E-state index in [1.165, 1.54) is 25.7 Å². The zero-order valence-corrected chi connectivity index (χ0v) is 8.30. The molecule has 0 atom stereocenters. The molecule has 4 fully saturated rings. The maximum Gasteiger partial charge on any atom is 0.0285 e. The van der Waals surface area contributed by atoms with Gasteiger partial charge in [0.05, 0.1) is 0 Å². The third-order valence-electron chi connectivity index (χ3n) is 3.57. The molecule has 0 aromatic rings. The highest BCUT2D eigenvalue weighted by Gasteiger charge is 2.50. The molecule has 0 radical (unpaired) electrons. The fourth-order valence-corrected chi connectivity index (χ4v) is 3.68. The van der Waals surface area contributed by atoms with Crippen LogP contribution in [0.1, 0.15) is 25.7 Å². The first-order valence-corrected chi connectivity index (χ1v) is 5.31. The molecule has 0 aromatic heterocycles. The van der Waals surface area contributed by atoms with Gasteiger partial charge in [-0.15, -0.1) is 0 Å². The molecule has 0 amide bonds. The summed E-state index contributed by atoms with van der Waals surface area (Å²) < 4.78 is 4.10. The van der Waals surface area contributed by atoms with Crippen molar-refractivity contribution in [2.75, 3.05) is 0 Å². The molecule has 4 aliphatic heterocycles. The van der Waals surface area contributed by atoms with E-state index >= 15 is 0 Å². The Balaban J connectivity index is 1.91. The number of hydrogen-bond acceptors (Lipinski definition) is 2. The maximum absolute atomic E-state index is 6.19. The summed E-state index contributed by atoms with van der Waals surface area (Å²) in [5.74, 6) is 0. The first-order valence-electron chi connectivity index (χ1n) is 4.64. The number of nitrogens with zero attached hydrogens (tertiary/aromatic N) is 2. The monoisotopic (exact) mass is 206 g/mol. The van der Waals surface area contributed by atoms with E-state index in [-0.39, 0.29) is 0 Å². The smallest absolute Gasteiger partial charge is 0.0285 e. The molecule has 4 rings (SSSR count). The average molecular weight is 207 g/mol. The average Bonchev–Trinajstić information content (AvgIpc) is 2.02. The van der Waals surface area contributed by atoms with Gasteiger partial charge in [0.25, 0.3) is 0 Å². The van der Waals surface area contributed by atoms with Crippen LogP contribution in [0.25, 0.3) is 0 Å². The van der Waals surface area contributed by atoms with Crippen LogP contribution in [0.2, 0.25) is 0 Å². The highest BCUT2D eigenvalue weighted by atomic mass is 35.5. The molecule has 0 aliphatic carbocycles. The largest absolute Gasteiger partial charge is 0.214 e. The quantitative estimate of drug-likeness (QED) is 0.560. The second-order valence-corrected chi connectivity index (χ2v) is 5.03. The van der Waals surface area contributed by atoms with Crippen molar-refractivity contribution < 1.29 is 0 Å². The Hall–Kier alpha value is 0.500. The van der Waals surface area contributed by atoms with Gasteiger partial charge in [0.2, 0.25) is 0 Å². The summed E-state index contributed by atoms with van der Waals surface area (Å²) in [7, 11) is 0. The molecule has 0 saturated carbocycles. The van der Waals surface area contributed by atoms with Crippen LogP contribution in [0.5, 0.6) is 0 Å². The Labute approximate surface area is 82.6 Å². The highest BCUT2D eigenvalue weighted by molar-refractivity contribution is 6.15. The van der Waals surface area contributed by atoms with Crippen molar-refractivity contribution in [3.05, 3.63) is 0 Å². The lowest BCUT2D eigenvalue weighted by Gasteiger charge is -2.56. The van der Waals surface area contributed by atoms with Gasteiger partial charge in [-0.1, -0.05) is 0 Å². The highest BCUT2D eigenvalue weighted by Crippen LogP contribution is 2.45. The van der Waals surface area contributed by atoms with E-state index in [9.17, 15) is 0 Å². The summed E-state index contributed by atoms with van der Waals surface area (Å²) in [6.45, 7) is 0. The molecule has 12 heavy (non-hydrogen) atoms. The molecular weight excluding hydrogens is 195 g/mol. The Kier molecular flexibility index (Phi) is 1.64. The molecule has 0 spiro atoms. The summed E-state index contributed by atoms with van der Waals surface area (Å²) >= 11 is 12.4. The van der Waals surface area contributed by atoms with Gasteiger partial charge in [0.15, 0.2) is 0 Å². The van der Waals surface area contributed by atoms with E-state index < -0.39 is 0 Å². The Morgan fingerprint density at radius 1 is 0.667 bits per heavy atom. The van der Waals surface area contributed by atoms with Crippen molar-refractivity contribution in [1.29, 1.82) is 0 Å². The van der Waals surface area contributed by atoms with Crippen LogP contribution in [0.15, 0.2) is 0 Å². The normalized spacial score (nSPS) is 53.5. The molecule has 4 bridgehead atoms. The number of halogens is 2. The van der Waals surface area contributed by atoms with Crippen LogP contribution in [-0.4, -0.2) is 33.0 Å². The number of rotatable bonds is 0. The van der Waals surface area contributed by atoms with E-state index in [0.717, 1.165) is 0 Å². The van der Waals surface area contributed by atoms with Crippen molar-refractivity contribution in [3.8, 4) is 0 Å². The van der Waals surface area contributed by atoms with Crippen LogP contribution in [0.4, 0.5) is 0 Å². The molecule has 0 N–H and O–H groups in total. The SMILES string of the molecule is ClN1C2CC3CC1CC(C2)N3Cl. The molecule has 0 aromatic carbocycles.